The molecule has 0 aliphatic carbocycles. The number of aromatic nitrogens is 1. The quantitative estimate of drug-likeness (QED) is 0.724. The van der Waals surface area contributed by atoms with Gasteiger partial charge in [-0.25, -0.2) is 4.98 Å². The summed E-state index contributed by atoms with van der Waals surface area (Å²) >= 11 is 0. The van der Waals surface area contributed by atoms with E-state index in [2.05, 4.69) is 10.3 Å². The molecule has 0 unspecified atom stereocenters. The Labute approximate surface area is 168 Å². The topological polar surface area (TPSA) is 107 Å². The standard InChI is InChI=1S/C19H21N3O6S/c1-29(24,25)28-10-14-9-22(15(11-26-14)13-5-3-2-4-6-13)17-8-7-16-19(20-17)21-18(23)12-27-16/h2-8,14-15H,9-12H2,1H3,(H,20,21,23)/t14-,15-/m0/s1. The third-order valence-electron chi connectivity index (χ3n) is 4.67. The van der Waals surface area contributed by atoms with Gasteiger partial charge in [-0.3, -0.25) is 8.98 Å². The number of amides is 1. The van der Waals surface area contributed by atoms with Gasteiger partial charge in [-0.05, 0) is 17.7 Å². The van der Waals surface area contributed by atoms with Gasteiger partial charge in [0.25, 0.3) is 16.0 Å². The summed E-state index contributed by atoms with van der Waals surface area (Å²) < 4.78 is 38.9. The summed E-state index contributed by atoms with van der Waals surface area (Å²) in [5.41, 5.74) is 1.04. The van der Waals surface area contributed by atoms with Crippen molar-refractivity contribution in [2.24, 2.45) is 0 Å². The van der Waals surface area contributed by atoms with Crippen LogP contribution in [0.2, 0.25) is 0 Å². The predicted molar refractivity (Wildman–Crippen MR) is 105 cm³/mol. The Kier molecular flexibility index (Phi) is 5.39. The first-order valence-electron chi connectivity index (χ1n) is 9.10. The fraction of sp³-hybridized carbons (Fsp3) is 0.368. The third-order valence-corrected chi connectivity index (χ3v) is 5.24. The van der Waals surface area contributed by atoms with Gasteiger partial charge in [0.05, 0.1) is 31.6 Å². The summed E-state index contributed by atoms with van der Waals surface area (Å²) in [5.74, 6) is 1.23. The van der Waals surface area contributed by atoms with E-state index in [1.165, 1.54) is 0 Å². The molecule has 1 aromatic carbocycles. The van der Waals surface area contributed by atoms with Crippen LogP contribution in [-0.2, 0) is 23.8 Å². The highest BCUT2D eigenvalue weighted by molar-refractivity contribution is 7.85. The molecule has 1 saturated heterocycles. The molecule has 2 atom stereocenters. The van der Waals surface area contributed by atoms with Crippen molar-refractivity contribution in [1.29, 1.82) is 0 Å². The predicted octanol–water partition coefficient (Wildman–Crippen LogP) is 1.34. The molecule has 0 spiro atoms. The van der Waals surface area contributed by atoms with Crippen LogP contribution >= 0.6 is 0 Å². The zero-order valence-electron chi connectivity index (χ0n) is 15.8. The van der Waals surface area contributed by atoms with Crippen LogP contribution in [0, 0.1) is 0 Å². The number of nitrogens with zero attached hydrogens (tertiary/aromatic N) is 2. The Morgan fingerprint density at radius 3 is 2.79 bits per heavy atom. The van der Waals surface area contributed by atoms with Gasteiger partial charge in [-0.1, -0.05) is 30.3 Å². The van der Waals surface area contributed by atoms with E-state index in [-0.39, 0.29) is 25.2 Å². The number of ether oxygens (including phenoxy) is 2. The van der Waals surface area contributed by atoms with E-state index < -0.39 is 16.2 Å². The van der Waals surface area contributed by atoms with Crippen LogP contribution < -0.4 is 15.0 Å². The fourth-order valence-electron chi connectivity index (χ4n) is 3.33. The van der Waals surface area contributed by atoms with Crippen LogP contribution in [0.25, 0.3) is 0 Å². The van der Waals surface area contributed by atoms with Gasteiger partial charge < -0.3 is 19.7 Å². The van der Waals surface area contributed by atoms with Crippen molar-refractivity contribution >= 4 is 27.7 Å². The van der Waals surface area contributed by atoms with Gasteiger partial charge in [-0.2, -0.15) is 8.42 Å². The SMILES string of the molecule is CS(=O)(=O)OC[C@@H]1CN(c2ccc3c(n2)NC(=O)CO3)[C@H](c2ccccc2)CO1. The zero-order chi connectivity index (χ0) is 20.4. The molecule has 1 fully saturated rings. The lowest BCUT2D eigenvalue weighted by atomic mass is 10.0. The lowest BCUT2D eigenvalue weighted by Gasteiger charge is -2.40. The van der Waals surface area contributed by atoms with Gasteiger partial charge in [0, 0.05) is 6.54 Å². The highest BCUT2D eigenvalue weighted by atomic mass is 32.2. The summed E-state index contributed by atoms with van der Waals surface area (Å²) in [6.45, 7) is 0.587. The van der Waals surface area contributed by atoms with Crippen molar-refractivity contribution < 1.29 is 26.9 Å². The highest BCUT2D eigenvalue weighted by Gasteiger charge is 2.32. The molecule has 0 bridgehead atoms. The maximum Gasteiger partial charge on any atom is 0.264 e. The number of carbonyl (C=O) groups excluding carboxylic acids is 1. The van der Waals surface area contributed by atoms with Crippen LogP contribution in [0.15, 0.2) is 42.5 Å². The number of hydrogen-bond donors (Lipinski definition) is 1. The average molecular weight is 419 g/mol. The normalized spacial score (nSPS) is 21.8. The highest BCUT2D eigenvalue weighted by Crippen LogP contribution is 2.34. The number of pyridine rings is 1. The number of rotatable bonds is 5. The molecule has 29 heavy (non-hydrogen) atoms. The summed E-state index contributed by atoms with van der Waals surface area (Å²) in [7, 11) is -3.57. The van der Waals surface area contributed by atoms with Gasteiger partial charge in [0.2, 0.25) is 0 Å². The van der Waals surface area contributed by atoms with Crippen molar-refractivity contribution in [3.8, 4) is 5.75 Å². The molecule has 10 heteroatoms. The summed E-state index contributed by atoms with van der Waals surface area (Å²) in [5, 5.41) is 2.71. The van der Waals surface area contributed by atoms with Crippen molar-refractivity contribution in [2.75, 3.05) is 42.8 Å². The van der Waals surface area contributed by atoms with Crippen molar-refractivity contribution in [3.05, 3.63) is 48.0 Å². The largest absolute Gasteiger partial charge is 0.480 e. The van der Waals surface area contributed by atoms with Crippen LogP contribution in [0.1, 0.15) is 11.6 Å². The van der Waals surface area contributed by atoms with E-state index >= 15 is 0 Å². The zero-order valence-corrected chi connectivity index (χ0v) is 16.6. The van der Waals surface area contributed by atoms with E-state index in [0.29, 0.717) is 30.5 Å². The molecule has 154 valence electrons. The van der Waals surface area contributed by atoms with Gasteiger partial charge in [0.15, 0.2) is 18.2 Å². The van der Waals surface area contributed by atoms with E-state index in [4.69, 9.17) is 13.7 Å². The fourth-order valence-corrected chi connectivity index (χ4v) is 3.73. The van der Waals surface area contributed by atoms with Gasteiger partial charge >= 0.3 is 0 Å². The van der Waals surface area contributed by atoms with E-state index in [9.17, 15) is 13.2 Å². The number of morpholine rings is 1. The van der Waals surface area contributed by atoms with Crippen LogP contribution in [0.5, 0.6) is 5.75 Å². The molecular weight excluding hydrogens is 398 g/mol. The van der Waals surface area contributed by atoms with Gasteiger partial charge in [0.1, 0.15) is 5.82 Å². The summed E-state index contributed by atoms with van der Waals surface area (Å²) in [4.78, 5) is 18.2. The molecule has 2 aromatic rings. The smallest absolute Gasteiger partial charge is 0.264 e. The maximum absolute atomic E-state index is 11.6. The average Bonchev–Trinajstić information content (AvgIpc) is 2.71. The number of hydrogen-bond acceptors (Lipinski definition) is 8. The summed E-state index contributed by atoms with van der Waals surface area (Å²) in [6, 6.07) is 13.3. The van der Waals surface area contributed by atoms with Crippen LogP contribution in [0.4, 0.5) is 11.6 Å². The molecule has 1 amide bonds. The third kappa shape index (κ3) is 4.66. The minimum absolute atomic E-state index is 0.0386. The lowest BCUT2D eigenvalue weighted by Crippen LogP contribution is -2.47. The van der Waals surface area contributed by atoms with Gasteiger partial charge in [-0.15, -0.1) is 0 Å². The molecule has 2 aliphatic rings. The van der Waals surface area contributed by atoms with Crippen LogP contribution in [-0.4, -0.2) is 58.0 Å². The molecule has 2 aliphatic heterocycles. The number of carbonyl (C=O) groups is 1. The Morgan fingerprint density at radius 2 is 2.03 bits per heavy atom. The second-order valence-electron chi connectivity index (χ2n) is 6.88. The minimum Gasteiger partial charge on any atom is -0.480 e. The molecule has 0 radical (unpaired) electrons. The first-order chi connectivity index (χ1) is 13.9. The van der Waals surface area contributed by atoms with E-state index in [0.717, 1.165) is 11.8 Å². The minimum atomic E-state index is -3.57. The Bertz CT molecular complexity index is 998. The monoisotopic (exact) mass is 419 g/mol. The van der Waals surface area contributed by atoms with Crippen LogP contribution in [0.3, 0.4) is 0 Å². The number of nitrogens with one attached hydrogen (secondary N) is 1. The first kappa shape index (κ1) is 19.6. The van der Waals surface area contributed by atoms with Crippen molar-refractivity contribution in [3.63, 3.8) is 0 Å². The number of benzene rings is 1. The lowest BCUT2D eigenvalue weighted by molar-refractivity contribution is -0.118. The van der Waals surface area contributed by atoms with Crippen molar-refractivity contribution in [2.45, 2.75) is 12.1 Å². The number of fused-ring (bicyclic) bond motifs is 1. The Hall–Kier alpha value is -2.69. The van der Waals surface area contributed by atoms with E-state index in [1.54, 1.807) is 6.07 Å². The first-order valence-corrected chi connectivity index (χ1v) is 10.9. The maximum atomic E-state index is 11.6. The van der Waals surface area contributed by atoms with E-state index in [1.807, 2.05) is 41.3 Å². The molecule has 9 nitrogen and oxygen atoms in total. The second-order valence-corrected chi connectivity index (χ2v) is 8.52. The molecule has 3 heterocycles. The summed E-state index contributed by atoms with van der Waals surface area (Å²) in [6.07, 6.45) is 0.557. The Balaban J connectivity index is 1.63. The second kappa shape index (κ2) is 7.97. The molecule has 1 N–H and O–H groups in total. The molecule has 0 saturated carbocycles. The van der Waals surface area contributed by atoms with Crippen molar-refractivity contribution in [1.82, 2.24) is 4.98 Å². The number of anilines is 2. The molecule has 4 rings (SSSR count). The molecule has 1 aromatic heterocycles. The molecular formula is C19H21N3O6S. The Morgan fingerprint density at radius 1 is 1.24 bits per heavy atom.